The molecule has 1 aromatic carbocycles. The van der Waals surface area contributed by atoms with Crippen LogP contribution < -0.4 is 0 Å². The summed E-state index contributed by atoms with van der Waals surface area (Å²) in [5, 5.41) is 1.46. The van der Waals surface area contributed by atoms with Gasteiger partial charge in [0.25, 0.3) is 0 Å². The lowest BCUT2D eigenvalue weighted by Crippen LogP contribution is -2.31. The van der Waals surface area contributed by atoms with E-state index in [2.05, 4.69) is 73.6 Å². The Bertz CT molecular complexity index is 635. The first-order valence-corrected chi connectivity index (χ1v) is 8.37. The molecule has 0 saturated carbocycles. The summed E-state index contributed by atoms with van der Waals surface area (Å²) in [6, 6.07) is 8.86. The summed E-state index contributed by atoms with van der Waals surface area (Å²) < 4.78 is 2.68. The lowest BCUT2D eigenvalue weighted by Gasteiger charge is -2.35. The molecule has 1 aliphatic heterocycles. The fraction of sp³-hybridized carbons (Fsp3) is 0.529. The number of aryl methyl sites for hydroxylation is 2. The number of fused-ring (bicyclic) bond motifs is 3. The molecule has 1 aliphatic rings. The minimum absolute atomic E-state index is 0. The third-order valence-corrected chi connectivity index (χ3v) is 5.96. The van der Waals surface area contributed by atoms with E-state index in [9.17, 15) is 0 Å². The minimum atomic E-state index is 0. The van der Waals surface area contributed by atoms with Crippen molar-refractivity contribution >= 4 is 35.1 Å². The second kappa shape index (κ2) is 6.23. The van der Waals surface area contributed by atoms with E-state index in [1.165, 1.54) is 29.5 Å². The second-order valence-electron chi connectivity index (χ2n) is 6.29. The molecule has 0 saturated heterocycles. The average molecular weight is 325 g/mol. The Labute approximate surface area is 138 Å². The maximum atomic E-state index is 2.44. The standard InChI is InChI=1S/C17H24N2S.ClH/c1-17(10-11-18(2)3)16-14(9-12-20-17)13-7-5-6-8-15(13)19(16)4;/h5-8H,9-12H2,1-4H3;1H. The van der Waals surface area contributed by atoms with Crippen LogP contribution in [0.2, 0.25) is 0 Å². The van der Waals surface area contributed by atoms with E-state index in [1.807, 2.05) is 0 Å². The van der Waals surface area contributed by atoms with Crippen LogP contribution in [0.3, 0.4) is 0 Å². The van der Waals surface area contributed by atoms with E-state index in [0.717, 1.165) is 6.54 Å². The third kappa shape index (κ3) is 2.84. The van der Waals surface area contributed by atoms with Crippen molar-refractivity contribution in [2.24, 2.45) is 7.05 Å². The molecule has 2 aromatic rings. The normalized spacial score (nSPS) is 21.4. The van der Waals surface area contributed by atoms with Gasteiger partial charge in [0.1, 0.15) is 0 Å². The van der Waals surface area contributed by atoms with Crippen LogP contribution >= 0.6 is 24.2 Å². The molecule has 2 heterocycles. The van der Waals surface area contributed by atoms with Crippen molar-refractivity contribution in [3.8, 4) is 0 Å². The van der Waals surface area contributed by atoms with Gasteiger partial charge in [-0.05, 0) is 57.8 Å². The van der Waals surface area contributed by atoms with Gasteiger partial charge in [0.2, 0.25) is 0 Å². The van der Waals surface area contributed by atoms with Gasteiger partial charge in [-0.1, -0.05) is 18.2 Å². The molecule has 0 bridgehead atoms. The molecule has 2 nitrogen and oxygen atoms in total. The fourth-order valence-corrected chi connectivity index (χ4v) is 4.86. The van der Waals surface area contributed by atoms with E-state index < -0.39 is 0 Å². The predicted octanol–water partition coefficient (Wildman–Crippen LogP) is 4.06. The van der Waals surface area contributed by atoms with Gasteiger partial charge in [0.05, 0.1) is 4.75 Å². The van der Waals surface area contributed by atoms with Crippen molar-refractivity contribution in [3.63, 3.8) is 0 Å². The molecule has 116 valence electrons. The highest BCUT2D eigenvalue weighted by Gasteiger charge is 2.36. The van der Waals surface area contributed by atoms with Gasteiger partial charge in [-0.15, -0.1) is 24.2 Å². The first-order chi connectivity index (χ1) is 9.53. The number of aromatic nitrogens is 1. The topological polar surface area (TPSA) is 8.17 Å². The van der Waals surface area contributed by atoms with Crippen molar-refractivity contribution in [1.29, 1.82) is 0 Å². The summed E-state index contributed by atoms with van der Waals surface area (Å²) in [6.07, 6.45) is 2.42. The molecular weight excluding hydrogens is 300 g/mol. The average Bonchev–Trinajstić information content (AvgIpc) is 2.73. The van der Waals surface area contributed by atoms with Crippen LogP contribution in [0.4, 0.5) is 0 Å². The smallest absolute Gasteiger partial charge is 0.0547 e. The molecule has 3 rings (SSSR count). The third-order valence-electron chi connectivity index (χ3n) is 4.52. The highest BCUT2D eigenvalue weighted by molar-refractivity contribution is 8.00. The molecule has 0 radical (unpaired) electrons. The van der Waals surface area contributed by atoms with Crippen molar-refractivity contribution < 1.29 is 0 Å². The van der Waals surface area contributed by atoms with E-state index in [4.69, 9.17) is 0 Å². The molecule has 1 atom stereocenters. The number of hydrogen-bond donors (Lipinski definition) is 0. The molecule has 4 heteroatoms. The highest BCUT2D eigenvalue weighted by Crippen LogP contribution is 2.47. The van der Waals surface area contributed by atoms with Crippen LogP contribution in [0.25, 0.3) is 10.9 Å². The van der Waals surface area contributed by atoms with Gasteiger partial charge in [-0.3, -0.25) is 0 Å². The molecule has 0 N–H and O–H groups in total. The SMILES string of the molecule is CN(C)CCC1(C)SCCc2c1n(C)c1ccccc21.Cl. The maximum Gasteiger partial charge on any atom is 0.0547 e. The zero-order valence-corrected chi connectivity index (χ0v) is 15.0. The van der Waals surface area contributed by atoms with Crippen LogP contribution in [0.5, 0.6) is 0 Å². The Kier molecular flexibility index (Phi) is 4.96. The number of nitrogens with zero attached hydrogens (tertiary/aromatic N) is 2. The Morgan fingerprint density at radius 1 is 1.29 bits per heavy atom. The molecular formula is C17H25ClN2S. The number of benzene rings is 1. The molecule has 1 aromatic heterocycles. The van der Waals surface area contributed by atoms with Gasteiger partial charge >= 0.3 is 0 Å². The number of thioether (sulfide) groups is 1. The molecule has 0 amide bonds. The Balaban J connectivity index is 0.00000161. The maximum absolute atomic E-state index is 2.44. The summed E-state index contributed by atoms with van der Waals surface area (Å²) >= 11 is 2.13. The number of halogens is 1. The van der Waals surface area contributed by atoms with Gasteiger partial charge in [0.15, 0.2) is 0 Å². The van der Waals surface area contributed by atoms with Crippen LogP contribution in [-0.2, 0) is 18.2 Å². The summed E-state index contributed by atoms with van der Waals surface area (Å²) in [7, 11) is 6.57. The van der Waals surface area contributed by atoms with E-state index in [-0.39, 0.29) is 17.2 Å². The zero-order chi connectivity index (χ0) is 14.3. The monoisotopic (exact) mass is 324 g/mol. The summed E-state index contributed by atoms with van der Waals surface area (Å²) in [5.41, 5.74) is 4.52. The zero-order valence-electron chi connectivity index (χ0n) is 13.3. The lowest BCUT2D eigenvalue weighted by molar-refractivity contribution is 0.371. The Morgan fingerprint density at radius 3 is 2.71 bits per heavy atom. The number of hydrogen-bond acceptors (Lipinski definition) is 2. The van der Waals surface area contributed by atoms with Crippen molar-refractivity contribution in [1.82, 2.24) is 9.47 Å². The Morgan fingerprint density at radius 2 is 2.00 bits per heavy atom. The van der Waals surface area contributed by atoms with Gasteiger partial charge in [-0.2, -0.15) is 0 Å². The van der Waals surface area contributed by atoms with Gasteiger partial charge in [-0.25, -0.2) is 0 Å². The first-order valence-electron chi connectivity index (χ1n) is 7.38. The quantitative estimate of drug-likeness (QED) is 0.841. The summed E-state index contributed by atoms with van der Waals surface area (Å²) in [5.74, 6) is 1.24. The summed E-state index contributed by atoms with van der Waals surface area (Å²) in [4.78, 5) is 2.29. The Hall–Kier alpha value is -0.640. The predicted molar refractivity (Wildman–Crippen MR) is 96.9 cm³/mol. The van der Waals surface area contributed by atoms with E-state index in [1.54, 1.807) is 11.3 Å². The molecule has 1 unspecified atom stereocenters. The van der Waals surface area contributed by atoms with Crippen LogP contribution in [0.1, 0.15) is 24.6 Å². The largest absolute Gasteiger partial charge is 0.346 e. The van der Waals surface area contributed by atoms with Crippen molar-refractivity contribution in [2.45, 2.75) is 24.5 Å². The molecule has 0 spiro atoms. The van der Waals surface area contributed by atoms with Crippen molar-refractivity contribution in [3.05, 3.63) is 35.5 Å². The minimum Gasteiger partial charge on any atom is -0.346 e. The first kappa shape index (κ1) is 16.7. The number of para-hydroxylation sites is 1. The number of rotatable bonds is 3. The molecule has 21 heavy (non-hydrogen) atoms. The summed E-state index contributed by atoms with van der Waals surface area (Å²) in [6.45, 7) is 3.57. The molecule has 0 fully saturated rings. The molecule has 0 aliphatic carbocycles. The van der Waals surface area contributed by atoms with E-state index >= 15 is 0 Å². The lowest BCUT2D eigenvalue weighted by atomic mass is 9.95. The van der Waals surface area contributed by atoms with Crippen LogP contribution in [0.15, 0.2) is 24.3 Å². The fourth-order valence-electron chi connectivity index (χ4n) is 3.47. The van der Waals surface area contributed by atoms with Gasteiger partial charge < -0.3 is 9.47 Å². The highest BCUT2D eigenvalue weighted by atomic mass is 35.5. The second-order valence-corrected chi connectivity index (χ2v) is 7.88. The van der Waals surface area contributed by atoms with Gasteiger partial charge in [0, 0.05) is 23.6 Å². The van der Waals surface area contributed by atoms with Crippen LogP contribution in [0, 0.1) is 0 Å². The van der Waals surface area contributed by atoms with Crippen LogP contribution in [-0.4, -0.2) is 35.9 Å². The van der Waals surface area contributed by atoms with E-state index in [0.29, 0.717) is 0 Å². The van der Waals surface area contributed by atoms with Crippen molar-refractivity contribution in [2.75, 3.05) is 26.4 Å².